The van der Waals surface area contributed by atoms with E-state index < -0.39 is 0 Å². The summed E-state index contributed by atoms with van der Waals surface area (Å²) >= 11 is 0. The summed E-state index contributed by atoms with van der Waals surface area (Å²) in [6.07, 6.45) is 4.08. The highest BCUT2D eigenvalue weighted by atomic mass is 15.2. The van der Waals surface area contributed by atoms with Gasteiger partial charge in [0.05, 0.1) is 0 Å². The Labute approximate surface area is 70.0 Å². The highest BCUT2D eigenvalue weighted by Crippen LogP contribution is 2.16. The van der Waals surface area contributed by atoms with Crippen LogP contribution in [0.5, 0.6) is 0 Å². The fraction of sp³-hybridized carbons (Fsp3) is 1.00. The molecule has 1 aliphatic rings. The van der Waals surface area contributed by atoms with Gasteiger partial charge in [-0.05, 0) is 39.4 Å². The first-order chi connectivity index (χ1) is 5.38. The van der Waals surface area contributed by atoms with Crippen molar-refractivity contribution in [3.05, 3.63) is 0 Å². The second-order valence-electron chi connectivity index (χ2n) is 3.39. The molecule has 1 N–H and O–H groups in total. The van der Waals surface area contributed by atoms with Crippen LogP contribution in [0.1, 0.15) is 26.2 Å². The molecular formula is C9H20N2. The van der Waals surface area contributed by atoms with Gasteiger partial charge in [-0.1, -0.05) is 6.92 Å². The molecule has 0 unspecified atom stereocenters. The molecule has 0 aromatic rings. The lowest BCUT2D eigenvalue weighted by molar-refractivity contribution is 0.251. The van der Waals surface area contributed by atoms with Crippen molar-refractivity contribution in [2.75, 3.05) is 26.7 Å². The molecule has 66 valence electrons. The lowest BCUT2D eigenvalue weighted by Crippen LogP contribution is -2.37. The monoisotopic (exact) mass is 156 g/mol. The van der Waals surface area contributed by atoms with Crippen LogP contribution in [0.25, 0.3) is 0 Å². The zero-order chi connectivity index (χ0) is 8.10. The minimum absolute atomic E-state index is 0.819. The average molecular weight is 156 g/mol. The molecule has 0 radical (unpaired) electrons. The molecule has 1 rings (SSSR count). The summed E-state index contributed by atoms with van der Waals surface area (Å²) in [5.74, 6) is 0. The molecule has 1 atom stereocenters. The maximum absolute atomic E-state index is 3.26. The minimum atomic E-state index is 0.819. The van der Waals surface area contributed by atoms with Gasteiger partial charge in [-0.3, -0.25) is 4.90 Å². The van der Waals surface area contributed by atoms with E-state index in [9.17, 15) is 0 Å². The Morgan fingerprint density at radius 3 is 3.00 bits per heavy atom. The van der Waals surface area contributed by atoms with Crippen LogP contribution in [0.3, 0.4) is 0 Å². The third-order valence-electron chi connectivity index (χ3n) is 2.45. The molecule has 0 saturated carbocycles. The lowest BCUT2D eigenvalue weighted by atomic mass is 10.2. The number of hydrogen-bond acceptors (Lipinski definition) is 2. The first kappa shape index (κ1) is 9.01. The van der Waals surface area contributed by atoms with Gasteiger partial charge in [0.15, 0.2) is 0 Å². The van der Waals surface area contributed by atoms with Gasteiger partial charge < -0.3 is 5.32 Å². The predicted octanol–water partition coefficient (Wildman–Crippen LogP) is 1.08. The summed E-state index contributed by atoms with van der Waals surface area (Å²) in [6, 6.07) is 0.819. The van der Waals surface area contributed by atoms with Crippen molar-refractivity contribution in [1.82, 2.24) is 10.2 Å². The third-order valence-corrected chi connectivity index (χ3v) is 2.45. The molecule has 2 heteroatoms. The van der Waals surface area contributed by atoms with Crippen molar-refractivity contribution in [3.8, 4) is 0 Å². The number of likely N-dealkylation sites (N-methyl/N-ethyl adjacent to an activating group) is 1. The first-order valence-corrected chi connectivity index (χ1v) is 4.77. The van der Waals surface area contributed by atoms with Gasteiger partial charge in [0.2, 0.25) is 0 Å². The summed E-state index contributed by atoms with van der Waals surface area (Å²) in [7, 11) is 2.04. The number of rotatable bonds is 4. The molecule has 1 saturated heterocycles. The second kappa shape index (κ2) is 4.73. The van der Waals surface area contributed by atoms with E-state index in [1.807, 2.05) is 7.05 Å². The maximum Gasteiger partial charge on any atom is 0.0220 e. The second-order valence-corrected chi connectivity index (χ2v) is 3.39. The van der Waals surface area contributed by atoms with Crippen molar-refractivity contribution in [2.45, 2.75) is 32.2 Å². The fourth-order valence-corrected chi connectivity index (χ4v) is 1.94. The van der Waals surface area contributed by atoms with Gasteiger partial charge in [-0.25, -0.2) is 0 Å². The van der Waals surface area contributed by atoms with Crippen molar-refractivity contribution < 1.29 is 0 Å². The van der Waals surface area contributed by atoms with Crippen LogP contribution in [0.2, 0.25) is 0 Å². The largest absolute Gasteiger partial charge is 0.318 e. The fourth-order valence-electron chi connectivity index (χ4n) is 1.94. The average Bonchev–Trinajstić information content (AvgIpc) is 2.39. The van der Waals surface area contributed by atoms with E-state index in [2.05, 4.69) is 17.1 Å². The molecule has 11 heavy (non-hydrogen) atoms. The van der Waals surface area contributed by atoms with Gasteiger partial charge in [0, 0.05) is 12.6 Å². The van der Waals surface area contributed by atoms with Crippen LogP contribution in [-0.4, -0.2) is 37.6 Å². The molecule has 2 nitrogen and oxygen atoms in total. The Morgan fingerprint density at radius 2 is 2.36 bits per heavy atom. The van der Waals surface area contributed by atoms with Crippen LogP contribution >= 0.6 is 0 Å². The highest BCUT2D eigenvalue weighted by Gasteiger charge is 2.22. The number of nitrogens with one attached hydrogen (secondary N) is 1. The van der Waals surface area contributed by atoms with E-state index in [1.54, 1.807) is 0 Å². The summed E-state index contributed by atoms with van der Waals surface area (Å²) in [5, 5.41) is 3.26. The highest BCUT2D eigenvalue weighted by molar-refractivity contribution is 4.79. The van der Waals surface area contributed by atoms with E-state index in [1.165, 1.54) is 38.9 Å². The standard InChI is InChI=1S/C9H20N2/c1-3-6-11-7-4-5-9(11)8-10-2/h9-10H,3-8H2,1-2H3/t9-/m0/s1. The Morgan fingerprint density at radius 1 is 1.55 bits per heavy atom. The summed E-state index contributed by atoms with van der Waals surface area (Å²) in [4.78, 5) is 2.61. The number of hydrogen-bond donors (Lipinski definition) is 1. The van der Waals surface area contributed by atoms with Gasteiger partial charge in [0.25, 0.3) is 0 Å². The zero-order valence-electron chi connectivity index (χ0n) is 7.77. The van der Waals surface area contributed by atoms with E-state index in [4.69, 9.17) is 0 Å². The lowest BCUT2D eigenvalue weighted by Gasteiger charge is -2.23. The quantitative estimate of drug-likeness (QED) is 0.655. The third kappa shape index (κ3) is 2.46. The Hall–Kier alpha value is -0.0800. The molecule has 0 bridgehead atoms. The topological polar surface area (TPSA) is 15.3 Å². The Balaban J connectivity index is 2.25. The SMILES string of the molecule is CCCN1CCC[C@H]1CNC. The zero-order valence-corrected chi connectivity index (χ0v) is 7.77. The van der Waals surface area contributed by atoms with Crippen molar-refractivity contribution in [3.63, 3.8) is 0 Å². The number of nitrogens with zero attached hydrogens (tertiary/aromatic N) is 1. The van der Waals surface area contributed by atoms with Gasteiger partial charge >= 0.3 is 0 Å². The summed E-state index contributed by atoms with van der Waals surface area (Å²) in [5.41, 5.74) is 0. The van der Waals surface area contributed by atoms with E-state index in [0.717, 1.165) is 6.04 Å². The molecule has 0 amide bonds. The molecule has 0 aromatic carbocycles. The smallest absolute Gasteiger partial charge is 0.0220 e. The summed E-state index contributed by atoms with van der Waals surface area (Å²) in [6.45, 7) is 6.03. The van der Waals surface area contributed by atoms with Crippen LogP contribution in [0.4, 0.5) is 0 Å². The first-order valence-electron chi connectivity index (χ1n) is 4.77. The van der Waals surface area contributed by atoms with Gasteiger partial charge in [-0.2, -0.15) is 0 Å². The molecule has 1 heterocycles. The van der Waals surface area contributed by atoms with Gasteiger partial charge in [0.1, 0.15) is 0 Å². The molecule has 1 aliphatic heterocycles. The molecule has 1 fully saturated rings. The van der Waals surface area contributed by atoms with Crippen molar-refractivity contribution >= 4 is 0 Å². The number of likely N-dealkylation sites (tertiary alicyclic amines) is 1. The Bertz CT molecular complexity index is 91.7. The molecule has 0 spiro atoms. The van der Waals surface area contributed by atoms with Crippen molar-refractivity contribution in [2.24, 2.45) is 0 Å². The van der Waals surface area contributed by atoms with E-state index in [-0.39, 0.29) is 0 Å². The van der Waals surface area contributed by atoms with Crippen LogP contribution < -0.4 is 5.32 Å². The molecule has 0 aromatic heterocycles. The van der Waals surface area contributed by atoms with Crippen LogP contribution in [0.15, 0.2) is 0 Å². The summed E-state index contributed by atoms with van der Waals surface area (Å²) < 4.78 is 0. The van der Waals surface area contributed by atoms with Gasteiger partial charge in [-0.15, -0.1) is 0 Å². The van der Waals surface area contributed by atoms with Crippen LogP contribution in [-0.2, 0) is 0 Å². The Kier molecular flexibility index (Phi) is 3.87. The molecular weight excluding hydrogens is 136 g/mol. The van der Waals surface area contributed by atoms with Crippen LogP contribution in [0, 0.1) is 0 Å². The van der Waals surface area contributed by atoms with Crippen molar-refractivity contribution in [1.29, 1.82) is 0 Å². The van der Waals surface area contributed by atoms with E-state index in [0.29, 0.717) is 0 Å². The van der Waals surface area contributed by atoms with E-state index >= 15 is 0 Å². The predicted molar refractivity (Wildman–Crippen MR) is 48.8 cm³/mol. The normalized spacial score (nSPS) is 26.2. The molecule has 0 aliphatic carbocycles. The maximum atomic E-state index is 3.26. The minimum Gasteiger partial charge on any atom is -0.318 e.